The first kappa shape index (κ1) is 22.3. The molecule has 34 heavy (non-hydrogen) atoms. The molecule has 0 atom stereocenters. The quantitative estimate of drug-likeness (QED) is 0.434. The fourth-order valence-corrected chi connectivity index (χ4v) is 5.79. The minimum Gasteiger partial charge on any atom is -0.508 e. The van der Waals surface area contributed by atoms with Gasteiger partial charge in [-0.3, -0.25) is 5.10 Å². The molecule has 5 rings (SSSR count). The Morgan fingerprint density at radius 1 is 1.06 bits per heavy atom. The number of phenols is 1. The van der Waals surface area contributed by atoms with Gasteiger partial charge >= 0.3 is 0 Å². The van der Waals surface area contributed by atoms with Crippen molar-refractivity contribution < 1.29 is 17.9 Å². The van der Waals surface area contributed by atoms with E-state index in [4.69, 9.17) is 0 Å². The summed E-state index contributed by atoms with van der Waals surface area (Å²) in [6, 6.07) is 11.4. The number of phenolic OH excluding ortho intramolecular Hbond substituents is 1. The fourth-order valence-electron chi connectivity index (χ4n) is 4.69. The van der Waals surface area contributed by atoms with Gasteiger partial charge in [0.2, 0.25) is 0 Å². The Morgan fingerprint density at radius 2 is 1.76 bits per heavy atom. The molecule has 9 heteroatoms. The second-order valence-electron chi connectivity index (χ2n) is 8.74. The fraction of sp³-hybridized carbons (Fsp3) is 0.280. The molecule has 1 aliphatic rings. The van der Waals surface area contributed by atoms with Crippen molar-refractivity contribution in [3.63, 3.8) is 0 Å². The van der Waals surface area contributed by atoms with Gasteiger partial charge in [-0.25, -0.2) is 17.8 Å². The minimum atomic E-state index is -3.85. The number of hydrogen-bond donors (Lipinski definition) is 2. The Morgan fingerprint density at radius 3 is 2.41 bits per heavy atom. The number of fused-ring (bicyclic) bond motifs is 1. The lowest BCUT2D eigenvalue weighted by Crippen LogP contribution is -2.29. The molecule has 176 valence electrons. The third-order valence-corrected chi connectivity index (χ3v) is 7.43. The molecule has 0 saturated carbocycles. The van der Waals surface area contributed by atoms with E-state index < -0.39 is 15.7 Å². The highest BCUT2D eigenvalue weighted by molar-refractivity contribution is 7.91. The monoisotopic (exact) mass is 480 g/mol. The number of anilines is 1. The zero-order valence-electron chi connectivity index (χ0n) is 19.0. The highest BCUT2D eigenvalue weighted by Crippen LogP contribution is 2.42. The lowest BCUT2D eigenvalue weighted by molar-refractivity contribution is 0.469. The second kappa shape index (κ2) is 8.39. The van der Waals surface area contributed by atoms with Crippen LogP contribution in [0.25, 0.3) is 33.4 Å². The lowest BCUT2D eigenvalue weighted by atomic mass is 9.98. The van der Waals surface area contributed by atoms with Gasteiger partial charge in [0, 0.05) is 47.9 Å². The molecule has 0 aliphatic carbocycles. The van der Waals surface area contributed by atoms with Crippen LogP contribution >= 0.6 is 0 Å². The SMILES string of the molecule is Cc1[nH]nc2nc(-c3ccc(O)cc3F)c(S(C)(=O)=O)c(-c3ccc(N4CCCCC4)cc3)c12. The van der Waals surface area contributed by atoms with Crippen molar-refractivity contribution >= 4 is 26.6 Å². The maximum absolute atomic E-state index is 14.9. The summed E-state index contributed by atoms with van der Waals surface area (Å²) >= 11 is 0. The molecule has 0 bridgehead atoms. The van der Waals surface area contributed by atoms with E-state index in [1.807, 2.05) is 24.3 Å². The average Bonchev–Trinajstić information content (AvgIpc) is 3.18. The summed E-state index contributed by atoms with van der Waals surface area (Å²) in [5, 5.41) is 17.4. The number of halogens is 1. The van der Waals surface area contributed by atoms with Crippen LogP contribution in [0, 0.1) is 12.7 Å². The summed E-state index contributed by atoms with van der Waals surface area (Å²) in [5.41, 5.74) is 3.11. The Bertz CT molecular complexity index is 1490. The van der Waals surface area contributed by atoms with E-state index in [0.29, 0.717) is 27.9 Å². The average molecular weight is 481 g/mol. The summed E-state index contributed by atoms with van der Waals surface area (Å²) in [5.74, 6) is -1.03. The predicted octanol–water partition coefficient (Wildman–Crippen LogP) is 4.84. The number of aromatic amines is 1. The van der Waals surface area contributed by atoms with E-state index >= 15 is 0 Å². The van der Waals surface area contributed by atoms with E-state index in [1.54, 1.807) is 6.92 Å². The smallest absolute Gasteiger partial charge is 0.182 e. The molecule has 2 aromatic carbocycles. The lowest BCUT2D eigenvalue weighted by Gasteiger charge is -2.29. The van der Waals surface area contributed by atoms with Crippen LogP contribution in [-0.4, -0.2) is 48.1 Å². The Kier molecular flexibility index (Phi) is 5.51. The molecular formula is C25H25FN4O3S. The van der Waals surface area contributed by atoms with Crippen LogP contribution in [0.15, 0.2) is 47.4 Å². The van der Waals surface area contributed by atoms with Crippen LogP contribution in [0.1, 0.15) is 25.0 Å². The largest absolute Gasteiger partial charge is 0.508 e. The Labute approximate surface area is 197 Å². The van der Waals surface area contributed by atoms with Crippen LogP contribution < -0.4 is 4.90 Å². The standard InChI is InChI=1S/C25H25FN4O3S/c1-15-21-22(16-6-8-17(9-7-16)30-12-4-3-5-13-30)24(34(2,32)33)23(27-25(21)29-28-15)19-11-10-18(31)14-20(19)26/h6-11,14,31H,3-5,12-13H2,1-2H3,(H,27,28,29). The predicted molar refractivity (Wildman–Crippen MR) is 130 cm³/mol. The van der Waals surface area contributed by atoms with Gasteiger partial charge in [-0.15, -0.1) is 0 Å². The first-order valence-electron chi connectivity index (χ1n) is 11.2. The van der Waals surface area contributed by atoms with Crippen LogP contribution in [0.5, 0.6) is 5.75 Å². The summed E-state index contributed by atoms with van der Waals surface area (Å²) in [6.45, 7) is 3.80. The zero-order chi connectivity index (χ0) is 24.0. The number of benzene rings is 2. The second-order valence-corrected chi connectivity index (χ2v) is 10.7. The first-order valence-corrected chi connectivity index (χ1v) is 13.1. The third-order valence-electron chi connectivity index (χ3n) is 6.29. The van der Waals surface area contributed by atoms with Gasteiger partial charge < -0.3 is 10.0 Å². The van der Waals surface area contributed by atoms with Gasteiger partial charge in [0.1, 0.15) is 16.5 Å². The normalized spacial score (nSPS) is 14.6. The van der Waals surface area contributed by atoms with E-state index in [9.17, 15) is 17.9 Å². The molecule has 0 amide bonds. The summed E-state index contributed by atoms with van der Waals surface area (Å²) in [4.78, 5) is 6.71. The molecule has 1 saturated heterocycles. The van der Waals surface area contributed by atoms with E-state index in [1.165, 1.54) is 18.6 Å². The van der Waals surface area contributed by atoms with Crippen LogP contribution in [0.2, 0.25) is 0 Å². The minimum absolute atomic E-state index is 0.0213. The molecule has 3 heterocycles. The van der Waals surface area contributed by atoms with E-state index in [2.05, 4.69) is 20.1 Å². The van der Waals surface area contributed by atoms with Gasteiger partial charge in [-0.05, 0) is 56.0 Å². The molecule has 2 aromatic heterocycles. The number of hydrogen-bond acceptors (Lipinski definition) is 6. The number of piperidine rings is 1. The van der Waals surface area contributed by atoms with E-state index in [0.717, 1.165) is 43.9 Å². The van der Waals surface area contributed by atoms with Crippen molar-refractivity contribution in [1.29, 1.82) is 0 Å². The van der Waals surface area contributed by atoms with Crippen molar-refractivity contribution in [2.45, 2.75) is 31.1 Å². The first-order chi connectivity index (χ1) is 16.2. The van der Waals surface area contributed by atoms with Crippen LogP contribution in [-0.2, 0) is 9.84 Å². The van der Waals surface area contributed by atoms with Gasteiger partial charge in [-0.2, -0.15) is 5.10 Å². The highest BCUT2D eigenvalue weighted by Gasteiger charge is 2.28. The van der Waals surface area contributed by atoms with Crippen LogP contribution in [0.3, 0.4) is 0 Å². The number of aromatic nitrogens is 3. The van der Waals surface area contributed by atoms with Gasteiger partial charge in [-0.1, -0.05) is 12.1 Å². The maximum atomic E-state index is 14.9. The molecule has 0 radical (unpaired) electrons. The highest BCUT2D eigenvalue weighted by atomic mass is 32.2. The number of sulfone groups is 1. The molecule has 2 N–H and O–H groups in total. The molecular weight excluding hydrogens is 455 g/mol. The number of pyridine rings is 1. The number of H-pyrrole nitrogens is 1. The molecule has 0 unspecified atom stereocenters. The van der Waals surface area contributed by atoms with Gasteiger partial charge in [0.15, 0.2) is 15.5 Å². The molecule has 7 nitrogen and oxygen atoms in total. The van der Waals surface area contributed by atoms with Gasteiger partial charge in [0.25, 0.3) is 0 Å². The summed E-state index contributed by atoms with van der Waals surface area (Å²) in [6.07, 6.45) is 4.64. The van der Waals surface area contributed by atoms with Gasteiger partial charge in [0.05, 0.1) is 11.1 Å². The maximum Gasteiger partial charge on any atom is 0.182 e. The van der Waals surface area contributed by atoms with Crippen molar-refractivity contribution in [2.75, 3.05) is 24.2 Å². The topological polar surface area (TPSA) is 99.2 Å². The number of nitrogens with zero attached hydrogens (tertiary/aromatic N) is 3. The molecule has 1 fully saturated rings. The zero-order valence-corrected chi connectivity index (χ0v) is 19.8. The Balaban J connectivity index is 1.79. The van der Waals surface area contributed by atoms with Crippen molar-refractivity contribution in [1.82, 2.24) is 15.2 Å². The molecule has 4 aromatic rings. The van der Waals surface area contributed by atoms with Crippen LogP contribution in [0.4, 0.5) is 10.1 Å². The number of aromatic hydroxyl groups is 1. The number of nitrogens with one attached hydrogen (secondary N) is 1. The molecule has 0 spiro atoms. The van der Waals surface area contributed by atoms with Crippen molar-refractivity contribution in [3.05, 3.63) is 54.0 Å². The third kappa shape index (κ3) is 3.90. The number of aryl methyl sites for hydroxylation is 1. The summed E-state index contributed by atoms with van der Waals surface area (Å²) in [7, 11) is -3.85. The van der Waals surface area contributed by atoms with Crippen molar-refractivity contribution in [2.24, 2.45) is 0 Å². The number of rotatable bonds is 4. The molecule has 1 aliphatic heterocycles. The van der Waals surface area contributed by atoms with E-state index in [-0.39, 0.29) is 21.9 Å². The van der Waals surface area contributed by atoms with Crippen molar-refractivity contribution in [3.8, 4) is 28.1 Å². The Hall–Kier alpha value is -3.46. The summed E-state index contributed by atoms with van der Waals surface area (Å²) < 4.78 is 41.2.